The van der Waals surface area contributed by atoms with E-state index in [0.29, 0.717) is 5.95 Å². The summed E-state index contributed by atoms with van der Waals surface area (Å²) in [6, 6.07) is 40.5. The lowest BCUT2D eigenvalue weighted by Crippen LogP contribution is -2.04. The van der Waals surface area contributed by atoms with E-state index in [1.54, 1.807) is 12.4 Å². The highest BCUT2D eigenvalue weighted by molar-refractivity contribution is 6.28. The maximum atomic E-state index is 5.16. The fraction of sp³-hybridized carbons (Fsp3) is 0. The summed E-state index contributed by atoms with van der Waals surface area (Å²) in [4.78, 5) is 19.0. The van der Waals surface area contributed by atoms with E-state index >= 15 is 0 Å². The Balaban J connectivity index is 1.43. The van der Waals surface area contributed by atoms with Crippen LogP contribution in [0.2, 0.25) is 0 Å². The van der Waals surface area contributed by atoms with Crippen LogP contribution in [0, 0.1) is 0 Å². The number of hydrogen-bond acceptors (Lipinski definition) is 4. The van der Waals surface area contributed by atoms with E-state index in [4.69, 9.17) is 9.97 Å². The fourth-order valence-electron chi connectivity index (χ4n) is 6.44. The van der Waals surface area contributed by atoms with E-state index in [0.717, 1.165) is 38.9 Å². The largest absolute Gasteiger partial charge is 0.278 e. The van der Waals surface area contributed by atoms with Gasteiger partial charge < -0.3 is 0 Å². The van der Waals surface area contributed by atoms with Gasteiger partial charge in [-0.3, -0.25) is 14.5 Å². The van der Waals surface area contributed by atoms with Crippen molar-refractivity contribution in [1.82, 2.24) is 24.5 Å². The standard InChI is InChI=1S/C38H23N5/c1-3-13-28-26(11-1)27-12-2-4-14-29(27)32-20-37-33(19-31(28)32)30-15-5-6-16-36(30)43(37)38-41-34(24-9-7-17-39-22-24)21-35(42-38)25-10-8-18-40-23-25/h1-23H. The molecule has 5 heteroatoms. The molecule has 0 aliphatic rings. The van der Waals surface area contributed by atoms with Gasteiger partial charge in [-0.1, -0.05) is 66.7 Å². The molecule has 0 N–H and O–H groups in total. The van der Waals surface area contributed by atoms with Gasteiger partial charge in [-0.15, -0.1) is 0 Å². The molecule has 0 fully saturated rings. The Hall–Kier alpha value is -5.94. The van der Waals surface area contributed by atoms with Crippen molar-refractivity contribution in [3.05, 3.63) is 140 Å². The number of benzene rings is 5. The molecule has 0 radical (unpaired) electrons. The molecule has 0 bridgehead atoms. The van der Waals surface area contributed by atoms with Gasteiger partial charge in [0.15, 0.2) is 0 Å². The molecule has 43 heavy (non-hydrogen) atoms. The Labute approximate surface area is 246 Å². The Morgan fingerprint density at radius 2 is 0.907 bits per heavy atom. The topological polar surface area (TPSA) is 56.5 Å². The van der Waals surface area contributed by atoms with Crippen LogP contribution in [0.3, 0.4) is 0 Å². The lowest BCUT2D eigenvalue weighted by atomic mass is 9.93. The Bertz CT molecular complexity index is 2440. The van der Waals surface area contributed by atoms with E-state index < -0.39 is 0 Å². The second-order valence-corrected chi connectivity index (χ2v) is 10.8. The third kappa shape index (κ3) is 3.65. The number of nitrogens with zero attached hydrogens (tertiary/aromatic N) is 5. The average Bonchev–Trinajstić information content (AvgIpc) is 3.41. The molecule has 0 aliphatic carbocycles. The van der Waals surface area contributed by atoms with Crippen molar-refractivity contribution in [3.8, 4) is 28.5 Å². The van der Waals surface area contributed by atoms with Gasteiger partial charge in [0.05, 0.1) is 22.4 Å². The zero-order valence-electron chi connectivity index (χ0n) is 23.0. The number of para-hydroxylation sites is 1. The van der Waals surface area contributed by atoms with Gasteiger partial charge in [0.1, 0.15) is 0 Å². The molecule has 0 saturated heterocycles. The van der Waals surface area contributed by atoms with Crippen molar-refractivity contribution in [3.63, 3.8) is 0 Å². The summed E-state index contributed by atoms with van der Waals surface area (Å²) in [7, 11) is 0. The van der Waals surface area contributed by atoms with E-state index in [1.807, 2.05) is 42.7 Å². The number of aromatic nitrogens is 5. The van der Waals surface area contributed by atoms with Crippen LogP contribution in [0.25, 0.3) is 82.6 Å². The van der Waals surface area contributed by atoms with Crippen molar-refractivity contribution < 1.29 is 0 Å². The van der Waals surface area contributed by atoms with Crippen LogP contribution in [0.4, 0.5) is 0 Å². The van der Waals surface area contributed by atoms with Crippen LogP contribution in [0.5, 0.6) is 0 Å². The maximum absolute atomic E-state index is 5.16. The van der Waals surface area contributed by atoms with Gasteiger partial charge in [0.2, 0.25) is 5.95 Å². The molecule has 9 aromatic rings. The second-order valence-electron chi connectivity index (χ2n) is 10.8. The fourth-order valence-corrected chi connectivity index (χ4v) is 6.44. The Morgan fingerprint density at radius 1 is 0.395 bits per heavy atom. The lowest BCUT2D eigenvalue weighted by Gasteiger charge is -2.13. The van der Waals surface area contributed by atoms with Crippen molar-refractivity contribution in [2.24, 2.45) is 0 Å². The summed E-state index contributed by atoms with van der Waals surface area (Å²) in [6.07, 6.45) is 7.24. The summed E-state index contributed by atoms with van der Waals surface area (Å²) >= 11 is 0. The first-order valence-electron chi connectivity index (χ1n) is 14.3. The SMILES string of the molecule is c1cncc(-c2cc(-c3cccnc3)nc(-n3c4ccccc4c4cc5c6ccccc6c6ccccc6c5cc43)n2)c1. The van der Waals surface area contributed by atoms with Crippen molar-refractivity contribution in [2.75, 3.05) is 0 Å². The highest BCUT2D eigenvalue weighted by atomic mass is 15.2. The first-order chi connectivity index (χ1) is 21.3. The van der Waals surface area contributed by atoms with Gasteiger partial charge in [0.25, 0.3) is 0 Å². The number of pyridine rings is 2. The molecule has 5 aromatic carbocycles. The maximum Gasteiger partial charge on any atom is 0.235 e. The van der Waals surface area contributed by atoms with Gasteiger partial charge in [-0.25, -0.2) is 9.97 Å². The average molecular weight is 550 g/mol. The van der Waals surface area contributed by atoms with Crippen LogP contribution < -0.4 is 0 Å². The summed E-state index contributed by atoms with van der Waals surface area (Å²) < 4.78 is 2.20. The molecule has 200 valence electrons. The second kappa shape index (κ2) is 9.29. The third-order valence-electron chi connectivity index (χ3n) is 8.37. The summed E-state index contributed by atoms with van der Waals surface area (Å²) in [5.74, 6) is 0.607. The summed E-state index contributed by atoms with van der Waals surface area (Å²) in [5, 5.41) is 9.78. The highest BCUT2D eigenvalue weighted by Crippen LogP contribution is 2.40. The van der Waals surface area contributed by atoms with Crippen LogP contribution in [-0.2, 0) is 0 Å². The molecule has 9 rings (SSSR count). The van der Waals surface area contributed by atoms with Crippen LogP contribution in [0.1, 0.15) is 0 Å². The third-order valence-corrected chi connectivity index (χ3v) is 8.37. The predicted molar refractivity (Wildman–Crippen MR) is 175 cm³/mol. The minimum Gasteiger partial charge on any atom is -0.278 e. The monoisotopic (exact) mass is 549 g/mol. The van der Waals surface area contributed by atoms with Gasteiger partial charge in [-0.2, -0.15) is 0 Å². The lowest BCUT2D eigenvalue weighted by molar-refractivity contribution is 0.994. The molecule has 0 unspecified atom stereocenters. The number of hydrogen-bond donors (Lipinski definition) is 0. The minimum atomic E-state index is 0.607. The van der Waals surface area contributed by atoms with E-state index in [-0.39, 0.29) is 0 Å². The minimum absolute atomic E-state index is 0.607. The van der Waals surface area contributed by atoms with Crippen LogP contribution in [-0.4, -0.2) is 24.5 Å². The van der Waals surface area contributed by atoms with Crippen molar-refractivity contribution in [1.29, 1.82) is 0 Å². The number of rotatable bonds is 3. The Morgan fingerprint density at radius 3 is 1.47 bits per heavy atom. The molecule has 4 heterocycles. The normalized spacial score (nSPS) is 11.7. The van der Waals surface area contributed by atoms with Gasteiger partial charge in [-0.05, 0) is 80.8 Å². The van der Waals surface area contributed by atoms with Crippen LogP contribution in [0.15, 0.2) is 140 Å². The molecule has 0 amide bonds. The van der Waals surface area contributed by atoms with E-state index in [1.165, 1.54) is 37.7 Å². The zero-order valence-corrected chi connectivity index (χ0v) is 23.0. The van der Waals surface area contributed by atoms with Crippen molar-refractivity contribution in [2.45, 2.75) is 0 Å². The highest BCUT2D eigenvalue weighted by Gasteiger charge is 2.19. The summed E-state index contributed by atoms with van der Waals surface area (Å²) in [5.41, 5.74) is 5.59. The quantitative estimate of drug-likeness (QED) is 0.206. The predicted octanol–water partition coefficient (Wildman–Crippen LogP) is 9.16. The molecular formula is C38H23N5. The van der Waals surface area contributed by atoms with Crippen molar-refractivity contribution >= 4 is 54.1 Å². The summed E-state index contributed by atoms with van der Waals surface area (Å²) in [6.45, 7) is 0. The number of fused-ring (bicyclic) bond motifs is 9. The zero-order chi connectivity index (χ0) is 28.3. The van der Waals surface area contributed by atoms with E-state index in [9.17, 15) is 0 Å². The molecule has 4 aromatic heterocycles. The molecule has 0 aliphatic heterocycles. The Kier molecular flexibility index (Phi) is 5.13. The molecule has 0 spiro atoms. The molecule has 5 nitrogen and oxygen atoms in total. The smallest absolute Gasteiger partial charge is 0.235 e. The first-order valence-corrected chi connectivity index (χ1v) is 14.3. The molecule has 0 saturated carbocycles. The van der Waals surface area contributed by atoms with Gasteiger partial charge in [0, 0.05) is 46.7 Å². The van der Waals surface area contributed by atoms with Crippen LogP contribution >= 0.6 is 0 Å². The molecular weight excluding hydrogens is 526 g/mol. The molecule has 0 atom stereocenters. The van der Waals surface area contributed by atoms with Gasteiger partial charge >= 0.3 is 0 Å². The van der Waals surface area contributed by atoms with E-state index in [2.05, 4.69) is 99.5 Å². The first kappa shape index (κ1) is 23.7.